The Balaban J connectivity index is 1.94. The number of hydrogen-bond donors (Lipinski definition) is 0. The van der Waals surface area contributed by atoms with Crippen LogP contribution in [-0.2, 0) is 16.1 Å². The highest BCUT2D eigenvalue weighted by Gasteiger charge is 2.39. The smallest absolute Gasteiger partial charge is 0.268 e. The summed E-state index contributed by atoms with van der Waals surface area (Å²) >= 11 is 2.92. The van der Waals surface area contributed by atoms with E-state index < -0.39 is 0 Å². The molecule has 2 amide bonds. The molecule has 0 fully saturated rings. The number of aromatic nitrogens is 1. The molecule has 0 unspecified atom stereocenters. The summed E-state index contributed by atoms with van der Waals surface area (Å²) in [6, 6.07) is 7.41. The number of hydrogen-bond acceptors (Lipinski definition) is 5. The van der Waals surface area contributed by atoms with E-state index in [1.165, 1.54) is 28.0 Å². The number of carbonyl (C=O) groups excluding carboxylic acids is 2. The first-order chi connectivity index (χ1) is 10.7. The van der Waals surface area contributed by atoms with E-state index in [0.29, 0.717) is 10.5 Å². The zero-order valence-corrected chi connectivity index (χ0v) is 13.6. The van der Waals surface area contributed by atoms with Crippen molar-refractivity contribution in [1.82, 2.24) is 9.88 Å². The van der Waals surface area contributed by atoms with Gasteiger partial charge in [0, 0.05) is 17.3 Å². The van der Waals surface area contributed by atoms with Gasteiger partial charge in [-0.15, -0.1) is 23.1 Å². The molecular formula is C16H14N2O2S2. The third kappa shape index (κ3) is 2.71. The van der Waals surface area contributed by atoms with Crippen LogP contribution in [0.4, 0.5) is 0 Å². The van der Waals surface area contributed by atoms with E-state index in [4.69, 9.17) is 0 Å². The fraction of sp³-hybridized carbons (Fsp3) is 0.188. The van der Waals surface area contributed by atoms with E-state index in [1.807, 2.05) is 36.6 Å². The zero-order chi connectivity index (χ0) is 15.5. The summed E-state index contributed by atoms with van der Waals surface area (Å²) in [6.07, 6.45) is 3.32. The van der Waals surface area contributed by atoms with Crippen molar-refractivity contribution >= 4 is 40.5 Å². The monoisotopic (exact) mass is 330 g/mol. The van der Waals surface area contributed by atoms with Crippen LogP contribution >= 0.6 is 23.1 Å². The van der Waals surface area contributed by atoms with Crippen LogP contribution in [0.25, 0.3) is 5.57 Å². The van der Waals surface area contributed by atoms with Gasteiger partial charge in [-0.25, -0.2) is 0 Å². The summed E-state index contributed by atoms with van der Waals surface area (Å²) in [7, 11) is 0. The Hall–Kier alpha value is -1.92. The first-order valence-electron chi connectivity index (χ1n) is 6.88. The molecule has 2 aromatic rings. The molecule has 0 N–H and O–H groups in total. The van der Waals surface area contributed by atoms with Gasteiger partial charge in [-0.2, -0.15) is 0 Å². The highest BCUT2D eigenvalue weighted by Crippen LogP contribution is 2.38. The molecule has 0 saturated heterocycles. The maximum absolute atomic E-state index is 12.7. The summed E-state index contributed by atoms with van der Waals surface area (Å²) in [6.45, 7) is 2.26. The molecule has 4 nitrogen and oxygen atoms in total. The topological polar surface area (TPSA) is 50.3 Å². The molecule has 22 heavy (non-hydrogen) atoms. The van der Waals surface area contributed by atoms with E-state index >= 15 is 0 Å². The summed E-state index contributed by atoms with van der Waals surface area (Å²) in [5.74, 6) is 0.351. The van der Waals surface area contributed by atoms with Crippen LogP contribution in [0, 0.1) is 0 Å². The highest BCUT2D eigenvalue weighted by molar-refractivity contribution is 8.04. The normalized spacial score (nSPS) is 15.0. The lowest BCUT2D eigenvalue weighted by Crippen LogP contribution is -2.30. The third-order valence-electron chi connectivity index (χ3n) is 3.27. The Bertz CT molecular complexity index is 724. The Kier molecular flexibility index (Phi) is 4.40. The average Bonchev–Trinajstić information content (AvgIpc) is 3.12. The van der Waals surface area contributed by atoms with Gasteiger partial charge in [0.25, 0.3) is 11.8 Å². The Morgan fingerprint density at radius 1 is 1.18 bits per heavy atom. The molecule has 0 aliphatic carbocycles. The van der Waals surface area contributed by atoms with Crippen LogP contribution in [0.15, 0.2) is 46.9 Å². The summed E-state index contributed by atoms with van der Waals surface area (Å²) in [4.78, 5) is 32.1. The van der Waals surface area contributed by atoms with Crippen LogP contribution in [0.1, 0.15) is 17.4 Å². The molecule has 3 heterocycles. The predicted molar refractivity (Wildman–Crippen MR) is 89.2 cm³/mol. The third-order valence-corrected chi connectivity index (χ3v) is 5.12. The lowest BCUT2D eigenvalue weighted by molar-refractivity contribution is -0.137. The number of imide groups is 1. The molecule has 6 heteroatoms. The Morgan fingerprint density at radius 3 is 2.59 bits per heavy atom. The van der Waals surface area contributed by atoms with Gasteiger partial charge in [-0.05, 0) is 34.9 Å². The van der Waals surface area contributed by atoms with Gasteiger partial charge < -0.3 is 0 Å². The molecule has 0 radical (unpaired) electrons. The average molecular weight is 330 g/mol. The van der Waals surface area contributed by atoms with Crippen molar-refractivity contribution in [3.05, 3.63) is 57.4 Å². The van der Waals surface area contributed by atoms with Gasteiger partial charge in [-0.3, -0.25) is 19.5 Å². The van der Waals surface area contributed by atoms with E-state index in [9.17, 15) is 9.59 Å². The molecule has 0 bridgehead atoms. The van der Waals surface area contributed by atoms with Crippen LogP contribution < -0.4 is 0 Å². The number of thiophene rings is 1. The van der Waals surface area contributed by atoms with E-state index in [1.54, 1.807) is 12.4 Å². The van der Waals surface area contributed by atoms with Crippen molar-refractivity contribution in [1.29, 1.82) is 0 Å². The number of amides is 2. The summed E-state index contributed by atoms with van der Waals surface area (Å²) in [5.41, 5.74) is 1.44. The van der Waals surface area contributed by atoms with Gasteiger partial charge in [-0.1, -0.05) is 13.0 Å². The Morgan fingerprint density at radius 2 is 1.95 bits per heavy atom. The van der Waals surface area contributed by atoms with Crippen molar-refractivity contribution in [3.8, 4) is 0 Å². The van der Waals surface area contributed by atoms with Gasteiger partial charge in [0.1, 0.15) is 0 Å². The van der Waals surface area contributed by atoms with E-state index in [2.05, 4.69) is 4.98 Å². The fourth-order valence-electron chi connectivity index (χ4n) is 2.28. The second-order valence-corrected chi connectivity index (χ2v) is 6.89. The second-order valence-electron chi connectivity index (χ2n) is 4.67. The standard InChI is InChI=1S/C16H14N2O2S2/c1-2-21-14-13(12-4-3-9-22-12)15(19)18(16(14)20)10-11-5-7-17-8-6-11/h3-9H,2,10H2,1H3. The largest absolute Gasteiger partial charge is 0.269 e. The fourth-order valence-corrected chi connectivity index (χ4v) is 3.98. The van der Waals surface area contributed by atoms with Crippen molar-refractivity contribution in [2.45, 2.75) is 13.5 Å². The minimum Gasteiger partial charge on any atom is -0.269 e. The molecule has 0 aromatic carbocycles. The van der Waals surface area contributed by atoms with Crippen molar-refractivity contribution in [2.75, 3.05) is 5.75 Å². The van der Waals surface area contributed by atoms with Gasteiger partial charge in [0.2, 0.25) is 0 Å². The van der Waals surface area contributed by atoms with Gasteiger partial charge >= 0.3 is 0 Å². The van der Waals surface area contributed by atoms with Crippen molar-refractivity contribution in [2.24, 2.45) is 0 Å². The number of thioether (sulfide) groups is 1. The maximum Gasteiger partial charge on any atom is 0.268 e. The molecule has 2 aromatic heterocycles. The van der Waals surface area contributed by atoms with Crippen LogP contribution in [0.3, 0.4) is 0 Å². The lowest BCUT2D eigenvalue weighted by Gasteiger charge is -2.14. The molecule has 112 valence electrons. The molecule has 1 aliphatic rings. The molecule has 0 atom stereocenters. The predicted octanol–water partition coefficient (Wildman–Crippen LogP) is 3.18. The number of carbonyl (C=O) groups is 2. The number of pyridine rings is 1. The highest BCUT2D eigenvalue weighted by atomic mass is 32.2. The first kappa shape index (κ1) is 15.0. The second kappa shape index (κ2) is 6.46. The van der Waals surface area contributed by atoms with Crippen LogP contribution in [0.2, 0.25) is 0 Å². The molecule has 3 rings (SSSR count). The number of nitrogens with zero attached hydrogens (tertiary/aromatic N) is 2. The Labute approximate surface area is 136 Å². The summed E-state index contributed by atoms with van der Waals surface area (Å²) < 4.78 is 0. The van der Waals surface area contributed by atoms with E-state index in [-0.39, 0.29) is 18.4 Å². The first-order valence-corrected chi connectivity index (χ1v) is 8.75. The van der Waals surface area contributed by atoms with Gasteiger partial charge in [0.05, 0.1) is 17.0 Å². The quantitative estimate of drug-likeness (QED) is 0.790. The molecular weight excluding hydrogens is 316 g/mol. The summed E-state index contributed by atoms with van der Waals surface area (Å²) in [5, 5.41) is 1.92. The minimum atomic E-state index is -0.208. The maximum atomic E-state index is 12.7. The van der Waals surface area contributed by atoms with E-state index in [0.717, 1.165) is 16.2 Å². The van der Waals surface area contributed by atoms with Gasteiger partial charge in [0.15, 0.2) is 0 Å². The zero-order valence-electron chi connectivity index (χ0n) is 12.0. The number of rotatable bonds is 5. The molecule has 1 aliphatic heterocycles. The van der Waals surface area contributed by atoms with Crippen molar-refractivity contribution < 1.29 is 9.59 Å². The van der Waals surface area contributed by atoms with Crippen LogP contribution in [0.5, 0.6) is 0 Å². The van der Waals surface area contributed by atoms with Crippen molar-refractivity contribution in [3.63, 3.8) is 0 Å². The lowest BCUT2D eigenvalue weighted by atomic mass is 10.2. The molecule has 0 spiro atoms. The molecule has 0 saturated carbocycles. The van der Waals surface area contributed by atoms with Crippen LogP contribution in [-0.4, -0.2) is 27.5 Å². The minimum absolute atomic E-state index is 0.197. The SMILES string of the molecule is CCSC1=C(c2cccs2)C(=O)N(Cc2ccncc2)C1=O.